The van der Waals surface area contributed by atoms with Gasteiger partial charge in [0, 0.05) is 33.7 Å². The van der Waals surface area contributed by atoms with Crippen molar-refractivity contribution in [3.63, 3.8) is 0 Å². The molecule has 0 radical (unpaired) electrons. The number of fused-ring (bicyclic) bond motifs is 6. The van der Waals surface area contributed by atoms with Gasteiger partial charge in [0.05, 0.1) is 5.69 Å². The fourth-order valence-electron chi connectivity index (χ4n) is 10.0. The number of hydrogen-bond acceptors (Lipinski definition) is 2. The average Bonchev–Trinajstić information content (AvgIpc) is 3.18. The molecule has 10 rings (SSSR count). The van der Waals surface area contributed by atoms with Crippen LogP contribution < -0.4 is 21.1 Å². The van der Waals surface area contributed by atoms with Crippen LogP contribution in [0.4, 0.5) is 28.4 Å². The van der Waals surface area contributed by atoms with Crippen LogP contribution in [0.1, 0.15) is 82.2 Å². The lowest BCUT2D eigenvalue weighted by atomic mass is 9.55. The van der Waals surface area contributed by atoms with Crippen LogP contribution in [0.2, 0.25) is 0 Å². The maximum Gasteiger partial charge on any atom is 0.198 e. The van der Waals surface area contributed by atoms with Crippen LogP contribution in [0.25, 0.3) is 33.0 Å². The van der Waals surface area contributed by atoms with Crippen molar-refractivity contribution in [2.75, 3.05) is 10.2 Å². The minimum atomic E-state index is -0.130. The number of aryl methyl sites for hydroxylation is 1. The summed E-state index contributed by atoms with van der Waals surface area (Å²) in [5.41, 5.74) is 21.1. The van der Waals surface area contributed by atoms with E-state index in [-0.39, 0.29) is 16.2 Å². The van der Waals surface area contributed by atoms with E-state index < -0.39 is 0 Å². The molecule has 1 N–H and O–H groups in total. The summed E-state index contributed by atoms with van der Waals surface area (Å²) in [6.07, 6.45) is 2.35. The fourth-order valence-corrected chi connectivity index (χ4v) is 10.0. The van der Waals surface area contributed by atoms with Gasteiger partial charge in [0.15, 0.2) is 7.28 Å². The van der Waals surface area contributed by atoms with Gasteiger partial charge in [0.25, 0.3) is 0 Å². The lowest BCUT2D eigenvalue weighted by Gasteiger charge is -2.46. The van der Waals surface area contributed by atoms with E-state index >= 15 is 0 Å². The first kappa shape index (κ1) is 34.0. The zero-order valence-corrected chi connectivity index (χ0v) is 33.3. The summed E-state index contributed by atoms with van der Waals surface area (Å²) in [6.45, 7) is 16.8. The molecule has 0 amide bonds. The van der Waals surface area contributed by atoms with Crippen molar-refractivity contribution in [1.82, 2.24) is 0 Å². The summed E-state index contributed by atoms with van der Waals surface area (Å²) >= 11 is 0. The Kier molecular flexibility index (Phi) is 7.40. The summed E-state index contributed by atoms with van der Waals surface area (Å²) in [7, 11) is 0.890. The zero-order valence-electron chi connectivity index (χ0n) is 33.3. The highest BCUT2D eigenvalue weighted by atomic mass is 15.2. The molecule has 1 aliphatic carbocycles. The average molecular weight is 713 g/mol. The SMILES string of the molecule is Cc1cc(-c2cc3c(cc2Nc2ccc(-c4ccccc4)cc2)C(C)(C)CCC3(C)C)c2c(c1)N1c3cc4ccccc4cc3C(C)(C)c3cccc(c31)B2. The Labute approximate surface area is 327 Å². The first-order chi connectivity index (χ1) is 26.4. The summed E-state index contributed by atoms with van der Waals surface area (Å²) in [6, 6.07) is 50.3. The second-order valence-corrected chi connectivity index (χ2v) is 18.3. The van der Waals surface area contributed by atoms with Crippen molar-refractivity contribution in [3.05, 3.63) is 161 Å². The first-order valence-corrected chi connectivity index (χ1v) is 20.1. The molecule has 0 saturated heterocycles. The molecule has 0 atom stereocenters. The van der Waals surface area contributed by atoms with E-state index in [1.54, 1.807) is 0 Å². The van der Waals surface area contributed by atoms with E-state index in [1.165, 1.54) is 107 Å². The third kappa shape index (κ3) is 5.30. The highest BCUT2D eigenvalue weighted by molar-refractivity contribution is 6.73. The van der Waals surface area contributed by atoms with Crippen molar-refractivity contribution in [2.24, 2.45) is 0 Å². The number of rotatable bonds is 4. The van der Waals surface area contributed by atoms with Crippen molar-refractivity contribution in [2.45, 2.75) is 77.6 Å². The topological polar surface area (TPSA) is 15.3 Å². The van der Waals surface area contributed by atoms with Gasteiger partial charge in [-0.3, -0.25) is 0 Å². The largest absolute Gasteiger partial charge is 0.355 e. The quantitative estimate of drug-likeness (QED) is 0.183. The Bertz CT molecular complexity index is 2680. The molecular formula is C52H49BN2. The predicted molar refractivity (Wildman–Crippen MR) is 238 cm³/mol. The third-order valence-corrected chi connectivity index (χ3v) is 13.3. The molecule has 7 aromatic carbocycles. The molecule has 270 valence electrons. The van der Waals surface area contributed by atoms with Crippen molar-refractivity contribution >= 4 is 57.4 Å². The second kappa shape index (κ2) is 12.0. The molecule has 2 aliphatic heterocycles. The predicted octanol–water partition coefficient (Wildman–Crippen LogP) is 12.4. The normalized spacial score (nSPS) is 16.7. The van der Waals surface area contributed by atoms with Crippen LogP contribution in [-0.2, 0) is 16.2 Å². The molecule has 3 heteroatoms. The number of nitrogens with zero attached hydrogens (tertiary/aromatic N) is 1. The van der Waals surface area contributed by atoms with Gasteiger partial charge in [0.2, 0.25) is 0 Å². The van der Waals surface area contributed by atoms with Crippen LogP contribution in [0.5, 0.6) is 0 Å². The maximum atomic E-state index is 3.99. The standard InChI is InChI=1S/C52H49BN2/c1-32-26-39(48-47(27-32)55-46-29-36-17-12-11-16-35(36)28-43(46)52(6,7)40-18-13-19-44(53-48)49(40)55)38-30-41-42(51(4,5)25-24-50(41,2)3)31-45(38)54-37-22-20-34(21-23-37)33-14-9-8-10-15-33/h8-23,26-31,53-54H,24-25H2,1-7H3. The lowest BCUT2D eigenvalue weighted by Crippen LogP contribution is -2.45. The minimum Gasteiger partial charge on any atom is -0.355 e. The van der Waals surface area contributed by atoms with E-state index in [1.807, 2.05) is 0 Å². The highest BCUT2D eigenvalue weighted by Crippen LogP contribution is 2.54. The van der Waals surface area contributed by atoms with Gasteiger partial charge in [0.1, 0.15) is 0 Å². The molecule has 7 aromatic rings. The van der Waals surface area contributed by atoms with Gasteiger partial charge in [-0.15, -0.1) is 0 Å². The fraction of sp³-hybridized carbons (Fsp3) is 0.231. The molecule has 2 heterocycles. The number of hydrogen-bond donors (Lipinski definition) is 1. The smallest absolute Gasteiger partial charge is 0.198 e. The molecule has 0 bridgehead atoms. The molecule has 55 heavy (non-hydrogen) atoms. The van der Waals surface area contributed by atoms with Crippen LogP contribution in [0, 0.1) is 6.92 Å². The molecule has 0 saturated carbocycles. The highest BCUT2D eigenvalue weighted by Gasteiger charge is 2.42. The van der Waals surface area contributed by atoms with E-state index in [4.69, 9.17) is 0 Å². The monoisotopic (exact) mass is 712 g/mol. The van der Waals surface area contributed by atoms with E-state index in [9.17, 15) is 0 Å². The summed E-state index contributed by atoms with van der Waals surface area (Å²) < 4.78 is 0. The molecule has 0 fully saturated rings. The number of anilines is 5. The van der Waals surface area contributed by atoms with Gasteiger partial charge < -0.3 is 10.2 Å². The molecule has 0 unspecified atom stereocenters. The summed E-state index contributed by atoms with van der Waals surface area (Å²) in [5.74, 6) is 0. The molecule has 0 spiro atoms. The molecule has 3 aliphatic rings. The maximum absolute atomic E-state index is 3.99. The van der Waals surface area contributed by atoms with E-state index in [0.717, 1.165) is 13.0 Å². The molecular weight excluding hydrogens is 663 g/mol. The number of benzene rings is 7. The van der Waals surface area contributed by atoms with Crippen LogP contribution in [0.3, 0.4) is 0 Å². The molecule has 2 nitrogen and oxygen atoms in total. The Morgan fingerprint density at radius 2 is 1.20 bits per heavy atom. The zero-order chi connectivity index (χ0) is 37.9. The first-order valence-electron chi connectivity index (χ1n) is 20.1. The Balaban J connectivity index is 1.20. The van der Waals surface area contributed by atoms with Crippen LogP contribution in [-0.4, -0.2) is 7.28 Å². The van der Waals surface area contributed by atoms with E-state index in [2.05, 4.69) is 192 Å². The summed E-state index contributed by atoms with van der Waals surface area (Å²) in [5, 5.41) is 6.56. The third-order valence-electron chi connectivity index (χ3n) is 13.3. The van der Waals surface area contributed by atoms with Crippen LogP contribution in [0.15, 0.2) is 133 Å². The Morgan fingerprint density at radius 1 is 0.545 bits per heavy atom. The van der Waals surface area contributed by atoms with Gasteiger partial charge in [-0.2, -0.15) is 0 Å². The van der Waals surface area contributed by atoms with Gasteiger partial charge in [-0.05, 0) is 134 Å². The second-order valence-electron chi connectivity index (χ2n) is 18.3. The Hall–Kier alpha value is -5.54. The van der Waals surface area contributed by atoms with Crippen LogP contribution >= 0.6 is 0 Å². The lowest BCUT2D eigenvalue weighted by molar-refractivity contribution is 0.332. The van der Waals surface area contributed by atoms with Crippen molar-refractivity contribution in [1.29, 1.82) is 0 Å². The van der Waals surface area contributed by atoms with Crippen molar-refractivity contribution in [3.8, 4) is 22.3 Å². The van der Waals surface area contributed by atoms with Gasteiger partial charge >= 0.3 is 0 Å². The number of nitrogens with one attached hydrogen (secondary N) is 1. The van der Waals surface area contributed by atoms with E-state index in [0.29, 0.717) is 0 Å². The van der Waals surface area contributed by atoms with Gasteiger partial charge in [-0.25, -0.2) is 0 Å². The number of para-hydroxylation sites is 1. The summed E-state index contributed by atoms with van der Waals surface area (Å²) in [4.78, 5) is 2.62. The molecule has 0 aromatic heterocycles. The van der Waals surface area contributed by atoms with Gasteiger partial charge in [-0.1, -0.05) is 138 Å². The minimum absolute atomic E-state index is 0.0826. The van der Waals surface area contributed by atoms with Crippen molar-refractivity contribution < 1.29 is 0 Å². The Morgan fingerprint density at radius 3 is 1.93 bits per heavy atom.